The van der Waals surface area contributed by atoms with E-state index in [0.29, 0.717) is 28.4 Å². The minimum atomic E-state index is -4.82. The molecule has 12 nitrogen and oxygen atoms in total. The van der Waals surface area contributed by atoms with Gasteiger partial charge < -0.3 is 14.8 Å². The third kappa shape index (κ3) is 11.2. The Morgan fingerprint density at radius 1 is 0.982 bits per heavy atom. The van der Waals surface area contributed by atoms with E-state index in [4.69, 9.17) is 26.1 Å². The minimum absolute atomic E-state index is 0.00783. The van der Waals surface area contributed by atoms with Gasteiger partial charge in [-0.3, -0.25) is 9.40 Å². The molecule has 1 atom stereocenters. The zero-order chi connectivity index (χ0) is 40.7. The van der Waals surface area contributed by atoms with Gasteiger partial charge in [-0.1, -0.05) is 17.7 Å². The van der Waals surface area contributed by atoms with Crippen LogP contribution in [-0.2, 0) is 39.2 Å². The van der Waals surface area contributed by atoms with E-state index in [-0.39, 0.29) is 51.5 Å². The van der Waals surface area contributed by atoms with E-state index in [1.807, 2.05) is 0 Å². The van der Waals surface area contributed by atoms with E-state index in [0.717, 1.165) is 24.1 Å². The van der Waals surface area contributed by atoms with Crippen LogP contribution in [0.4, 0.5) is 32.6 Å². The second-order valence-corrected chi connectivity index (χ2v) is 21.5. The van der Waals surface area contributed by atoms with Crippen LogP contribution in [0.2, 0.25) is 5.02 Å². The summed E-state index contributed by atoms with van der Waals surface area (Å²) < 4.78 is 112. The van der Waals surface area contributed by atoms with Gasteiger partial charge in [0, 0.05) is 22.9 Å². The largest absolute Gasteiger partial charge is 0.444 e. The number of halogens is 6. The van der Waals surface area contributed by atoms with Crippen LogP contribution in [0, 0.1) is 11.6 Å². The first-order chi connectivity index (χ1) is 25.4. The fourth-order valence-corrected chi connectivity index (χ4v) is 7.08. The number of benzene rings is 2. The van der Waals surface area contributed by atoms with Crippen LogP contribution in [-0.4, -0.2) is 88.2 Å². The van der Waals surface area contributed by atoms with E-state index in [9.17, 15) is 35.2 Å². The van der Waals surface area contributed by atoms with Gasteiger partial charge in [0.2, 0.25) is 10.0 Å². The molecular formula is C35H41ClF5N7O5S2. The zero-order valence-electron chi connectivity index (χ0n) is 31.0. The maximum absolute atomic E-state index is 14.5. The van der Waals surface area contributed by atoms with Crippen LogP contribution in [0.25, 0.3) is 33.1 Å². The molecule has 0 bridgehead atoms. The fraction of sp³-hybridized carbons (Fsp3) is 0.429. The molecule has 55 heavy (non-hydrogen) atoms. The third-order valence-electron chi connectivity index (χ3n) is 7.84. The lowest BCUT2D eigenvalue weighted by molar-refractivity contribution is -0.141. The maximum atomic E-state index is 14.5. The Balaban J connectivity index is 1.81. The van der Waals surface area contributed by atoms with Crippen molar-refractivity contribution in [3.8, 4) is 11.1 Å². The summed E-state index contributed by atoms with van der Waals surface area (Å²) in [5.74, 6) is -1.41. The number of aromatic nitrogens is 5. The van der Waals surface area contributed by atoms with E-state index >= 15 is 0 Å². The number of hydrogen-bond donors (Lipinski definition) is 2. The fourth-order valence-electron chi connectivity index (χ4n) is 5.72. The molecule has 2 N–H and O–H groups in total. The number of fused-ring (bicyclic) bond motifs is 2. The number of carbonyl (C=O) groups is 1. The number of anilines is 1. The molecule has 3 aromatic heterocycles. The van der Waals surface area contributed by atoms with Crippen molar-refractivity contribution in [1.29, 1.82) is 0 Å². The smallest absolute Gasteiger partial charge is 0.408 e. The van der Waals surface area contributed by atoms with Gasteiger partial charge >= 0.3 is 12.3 Å². The van der Waals surface area contributed by atoms with Crippen molar-refractivity contribution in [2.75, 3.05) is 42.1 Å². The number of sulfonamides is 1. The number of ether oxygens (including phenoxy) is 2. The highest BCUT2D eigenvalue weighted by molar-refractivity contribution is 8.32. The molecule has 2 aromatic carbocycles. The molecule has 1 amide bonds. The SMILES string of the molecule is CC(C)(C)OC(=O)N[C@@H](Cc1cc(F)cc(F)c1)c1nc2cnn(COCCS(C)(C)C)c2cc1-c1ccc(Cl)c2c(NS(C)(=O)=O)nn(CC(F)(F)F)c12. The molecule has 0 aliphatic carbocycles. The Hall–Kier alpha value is -4.20. The van der Waals surface area contributed by atoms with Crippen LogP contribution in [0.1, 0.15) is 38.1 Å². The van der Waals surface area contributed by atoms with Gasteiger partial charge in [-0.15, -0.1) is 0 Å². The lowest BCUT2D eigenvalue weighted by atomic mass is 9.93. The molecule has 0 saturated carbocycles. The molecular weight excluding hydrogens is 793 g/mol. The van der Waals surface area contributed by atoms with Gasteiger partial charge in [0.25, 0.3) is 0 Å². The first-order valence-corrected chi connectivity index (χ1v) is 21.9. The first-order valence-electron chi connectivity index (χ1n) is 16.6. The van der Waals surface area contributed by atoms with E-state index in [1.54, 1.807) is 26.8 Å². The summed E-state index contributed by atoms with van der Waals surface area (Å²) >= 11 is 6.55. The molecule has 0 saturated heterocycles. The maximum Gasteiger partial charge on any atom is 0.408 e. The number of nitrogens with one attached hydrogen (secondary N) is 2. The predicted octanol–water partition coefficient (Wildman–Crippen LogP) is 7.79. The van der Waals surface area contributed by atoms with E-state index in [1.165, 1.54) is 23.0 Å². The number of amides is 1. The Morgan fingerprint density at radius 2 is 1.65 bits per heavy atom. The average molecular weight is 834 g/mol. The van der Waals surface area contributed by atoms with E-state index in [2.05, 4.69) is 39.0 Å². The van der Waals surface area contributed by atoms with Crippen molar-refractivity contribution in [3.63, 3.8) is 0 Å². The number of rotatable bonds is 13. The third-order valence-corrected chi connectivity index (χ3v) is 10.1. The summed E-state index contributed by atoms with van der Waals surface area (Å²) in [6.07, 6.45) is 2.68. The summed E-state index contributed by atoms with van der Waals surface area (Å²) in [6, 6.07) is 5.95. The second kappa shape index (κ2) is 15.7. The Bertz CT molecular complexity index is 2320. The van der Waals surface area contributed by atoms with Crippen molar-refractivity contribution in [2.45, 2.75) is 58.3 Å². The first kappa shape index (κ1) is 42.0. The number of hydrogen-bond acceptors (Lipinski definition) is 8. The van der Waals surface area contributed by atoms with Crippen molar-refractivity contribution in [2.24, 2.45) is 0 Å². The van der Waals surface area contributed by atoms with E-state index < -0.39 is 68.0 Å². The zero-order valence-corrected chi connectivity index (χ0v) is 33.4. The van der Waals surface area contributed by atoms with Gasteiger partial charge in [0.05, 0.1) is 52.2 Å². The highest BCUT2D eigenvalue weighted by Gasteiger charge is 2.33. The standard InChI is InChI=1S/C35H41ClF5N7O5S2/c1-34(2,3)53-33(49)44-26(14-20-12-21(37)15-22(38)13-20)30-24(16-28-27(43-30)17-42-48(28)19-52-10-11-54(4,5)6)23-8-9-25(36)29-31(23)47(18-35(39,40)41)45-32(29)46-55(7,50)51/h8-9,12-13,15-17,26H,10-11,14,18-19H2,1-7H3,(H,44,49)(H,45,46)/t26-/m0/s1. The van der Waals surface area contributed by atoms with Crippen molar-refractivity contribution < 1.29 is 44.6 Å². The molecule has 0 aliphatic heterocycles. The summed E-state index contributed by atoms with van der Waals surface area (Å²) in [7, 11) is -4.93. The van der Waals surface area contributed by atoms with Crippen LogP contribution in [0.15, 0.2) is 42.6 Å². The van der Waals surface area contributed by atoms with Crippen LogP contribution >= 0.6 is 21.6 Å². The number of carbonyl (C=O) groups excluding carboxylic acids is 1. The highest BCUT2D eigenvalue weighted by Crippen LogP contribution is 2.42. The van der Waals surface area contributed by atoms with Gasteiger partial charge in [-0.2, -0.15) is 23.4 Å². The molecule has 20 heteroatoms. The highest BCUT2D eigenvalue weighted by atomic mass is 35.5. The van der Waals surface area contributed by atoms with Crippen molar-refractivity contribution >= 4 is 65.5 Å². The van der Waals surface area contributed by atoms with Gasteiger partial charge in [0.15, 0.2) is 5.82 Å². The Labute approximate surface area is 321 Å². The second-order valence-electron chi connectivity index (χ2n) is 14.8. The number of pyridine rings is 1. The molecule has 3 heterocycles. The molecule has 0 aliphatic rings. The minimum Gasteiger partial charge on any atom is -0.444 e. The van der Waals surface area contributed by atoms with Gasteiger partial charge in [-0.05, 0) is 75.8 Å². The van der Waals surface area contributed by atoms with Gasteiger partial charge in [0.1, 0.15) is 36.0 Å². The van der Waals surface area contributed by atoms with Crippen LogP contribution in [0.3, 0.4) is 0 Å². The molecule has 0 spiro atoms. The Kier molecular flexibility index (Phi) is 12.0. The lowest BCUT2D eigenvalue weighted by Crippen LogP contribution is -2.36. The predicted molar refractivity (Wildman–Crippen MR) is 204 cm³/mol. The molecule has 5 aromatic rings. The molecule has 300 valence electrons. The van der Waals surface area contributed by atoms with Crippen molar-refractivity contribution in [1.82, 2.24) is 29.9 Å². The number of nitrogens with zero attached hydrogens (tertiary/aromatic N) is 5. The molecule has 5 rings (SSSR count). The quantitative estimate of drug-likeness (QED) is 0.0905. The van der Waals surface area contributed by atoms with Crippen LogP contribution in [0.5, 0.6) is 0 Å². The summed E-state index contributed by atoms with van der Waals surface area (Å²) in [5, 5.41) is 10.9. The summed E-state index contributed by atoms with van der Waals surface area (Å²) in [4.78, 5) is 18.2. The number of alkyl carbamates (subject to hydrolysis) is 1. The normalized spacial score (nSPS) is 13.7. The summed E-state index contributed by atoms with van der Waals surface area (Å²) in [5.41, 5.74) is -0.185. The molecule has 0 fully saturated rings. The number of alkyl halides is 3. The topological polar surface area (TPSA) is 142 Å². The van der Waals surface area contributed by atoms with Crippen molar-refractivity contribution in [3.05, 3.63) is 70.5 Å². The summed E-state index contributed by atoms with van der Waals surface area (Å²) in [6.45, 7) is 3.67. The monoisotopic (exact) mass is 833 g/mol. The molecule has 0 radical (unpaired) electrons. The van der Waals surface area contributed by atoms with Gasteiger partial charge in [-0.25, -0.2) is 41.7 Å². The van der Waals surface area contributed by atoms with Crippen LogP contribution < -0.4 is 10.0 Å². The lowest BCUT2D eigenvalue weighted by Gasteiger charge is -2.25. The Morgan fingerprint density at radius 3 is 2.25 bits per heavy atom. The average Bonchev–Trinajstić information content (AvgIpc) is 3.55. The molecule has 0 unspecified atom stereocenters.